The van der Waals surface area contributed by atoms with Crippen molar-refractivity contribution in [1.29, 1.82) is 0 Å². The second-order valence-corrected chi connectivity index (χ2v) is 9.43. The molecule has 1 rings (SSSR count). The normalized spacial score (nSPS) is 15.3. The molecule has 1 amide bonds. The largest absolute Gasteiger partial charge is 0.393 e. The molecule has 23 heteroatoms. The first-order chi connectivity index (χ1) is 16.9. The van der Waals surface area contributed by atoms with Gasteiger partial charge in [-0.1, -0.05) is 12.1 Å². The second kappa shape index (κ2) is 9.70. The number of nitrogens with two attached hydrogens (primary N) is 1. The van der Waals surface area contributed by atoms with Gasteiger partial charge in [0.1, 0.15) is 0 Å². The second-order valence-electron chi connectivity index (χ2n) is 7.39. The number of primary sulfonamides is 1. The van der Waals surface area contributed by atoms with Crippen LogP contribution in [0.1, 0.15) is 5.56 Å². The zero-order valence-electron chi connectivity index (χ0n) is 17.7. The summed E-state index contributed by atoms with van der Waals surface area (Å²) in [5.74, 6) is -61.1. The quantitative estimate of drug-likeness (QED) is 0.255. The lowest BCUT2D eigenvalue weighted by molar-refractivity contribution is -0.446. The third kappa shape index (κ3) is 5.30. The predicted octanol–water partition coefficient (Wildman–Crippen LogP) is 5.23. The molecular formula is C16H9ClF16N2O3S. The number of carbonyl (C=O) groups excluding carboxylic acids is 1. The van der Waals surface area contributed by atoms with Gasteiger partial charge in [-0.2, -0.15) is 70.2 Å². The first-order valence-corrected chi connectivity index (χ1v) is 10.9. The van der Waals surface area contributed by atoms with E-state index in [0.717, 1.165) is 5.32 Å². The van der Waals surface area contributed by atoms with E-state index >= 15 is 0 Å². The molecule has 226 valence electrons. The molecular weight excluding hydrogens is 640 g/mol. The number of hydrogen-bond donors (Lipinski definition) is 2. The molecule has 1 aromatic carbocycles. The molecule has 3 N–H and O–H groups in total. The van der Waals surface area contributed by atoms with Crippen molar-refractivity contribution < 1.29 is 83.5 Å². The van der Waals surface area contributed by atoms with Crippen molar-refractivity contribution >= 4 is 27.5 Å². The zero-order chi connectivity index (χ0) is 31.5. The van der Waals surface area contributed by atoms with Crippen LogP contribution in [0.25, 0.3) is 0 Å². The van der Waals surface area contributed by atoms with Crippen LogP contribution in [0.3, 0.4) is 0 Å². The average Bonchev–Trinajstić information content (AvgIpc) is 2.75. The van der Waals surface area contributed by atoms with Crippen LogP contribution in [-0.2, 0) is 21.4 Å². The molecule has 0 aliphatic rings. The molecule has 1 aromatic rings. The molecule has 0 aromatic heterocycles. The Kier molecular flexibility index (Phi) is 8.65. The maximum atomic E-state index is 13.9. The highest BCUT2D eigenvalue weighted by Gasteiger charge is 2.95. The monoisotopic (exact) mass is 648 g/mol. The van der Waals surface area contributed by atoms with Gasteiger partial charge in [0.2, 0.25) is 10.0 Å². The number of carbonyl (C=O) groups is 1. The molecule has 0 saturated carbocycles. The first kappa shape index (κ1) is 34.8. The molecule has 0 atom stereocenters. The van der Waals surface area contributed by atoms with Crippen molar-refractivity contribution in [2.75, 3.05) is 0 Å². The number of alkyl halides is 17. The summed E-state index contributed by atoms with van der Waals surface area (Å²) in [4.78, 5) is 10.8. The minimum atomic E-state index is -8.69. The number of sulfonamides is 1. The van der Waals surface area contributed by atoms with Crippen molar-refractivity contribution in [3.05, 3.63) is 29.8 Å². The molecule has 0 aliphatic heterocycles. The van der Waals surface area contributed by atoms with Crippen molar-refractivity contribution in [1.82, 2.24) is 5.32 Å². The van der Waals surface area contributed by atoms with E-state index in [1.807, 2.05) is 0 Å². The average molecular weight is 649 g/mol. The lowest BCUT2D eigenvalue weighted by Crippen LogP contribution is -2.75. The zero-order valence-corrected chi connectivity index (χ0v) is 19.2. The Morgan fingerprint density at radius 1 is 0.667 bits per heavy atom. The van der Waals surface area contributed by atoms with E-state index in [2.05, 4.69) is 11.6 Å². The summed E-state index contributed by atoms with van der Waals surface area (Å²) in [6.07, 6.45) is 0. The van der Waals surface area contributed by atoms with E-state index in [4.69, 9.17) is 5.14 Å². The Morgan fingerprint density at radius 2 is 1.00 bits per heavy atom. The number of rotatable bonds is 11. The summed E-state index contributed by atoms with van der Waals surface area (Å²) in [6.45, 7) is -1.40. The smallest absolute Gasteiger partial charge is 0.347 e. The molecule has 0 aliphatic carbocycles. The van der Waals surface area contributed by atoms with E-state index in [-0.39, 0.29) is 0 Å². The molecule has 0 spiro atoms. The fraction of sp³-hybridized carbons (Fsp3) is 0.562. The van der Waals surface area contributed by atoms with Crippen LogP contribution < -0.4 is 10.5 Å². The predicted molar refractivity (Wildman–Crippen MR) is 95.1 cm³/mol. The summed E-state index contributed by atoms with van der Waals surface area (Å²) in [7, 11) is -4.34. The van der Waals surface area contributed by atoms with Crippen LogP contribution in [-0.4, -0.2) is 61.2 Å². The van der Waals surface area contributed by atoms with E-state index < -0.39 is 79.8 Å². The summed E-state index contributed by atoms with van der Waals surface area (Å²) < 4.78 is 237. The van der Waals surface area contributed by atoms with Crippen LogP contribution in [0.15, 0.2) is 29.2 Å². The molecule has 0 heterocycles. The number of halogens is 17. The van der Waals surface area contributed by atoms with Gasteiger partial charge in [-0.05, 0) is 29.3 Å². The summed E-state index contributed by atoms with van der Waals surface area (Å²) >= 11 is 3.41. The Bertz CT molecular complexity index is 1180. The maximum absolute atomic E-state index is 13.9. The van der Waals surface area contributed by atoms with Crippen LogP contribution >= 0.6 is 11.6 Å². The maximum Gasteiger partial charge on any atom is 0.393 e. The molecule has 0 fully saturated rings. The van der Waals surface area contributed by atoms with Gasteiger partial charge in [0.05, 0.1) is 4.90 Å². The third-order valence-electron chi connectivity index (χ3n) is 4.71. The number of nitrogens with one attached hydrogen (secondary N) is 1. The van der Waals surface area contributed by atoms with Crippen molar-refractivity contribution in [3.8, 4) is 0 Å². The highest BCUT2D eigenvalue weighted by Crippen LogP contribution is 2.64. The topological polar surface area (TPSA) is 89.3 Å². The molecule has 0 radical (unpaired) electrons. The summed E-state index contributed by atoms with van der Waals surface area (Å²) in [6, 6.07) is 2.60. The van der Waals surface area contributed by atoms with Crippen LogP contribution in [0.4, 0.5) is 70.2 Å². The van der Waals surface area contributed by atoms with Gasteiger partial charge < -0.3 is 5.32 Å². The Labute approximate surface area is 210 Å². The Balaban J connectivity index is 3.41. The fourth-order valence-electron chi connectivity index (χ4n) is 2.40. The lowest BCUT2D eigenvalue weighted by Gasteiger charge is -2.42. The first-order valence-electron chi connectivity index (χ1n) is 8.97. The Hall–Kier alpha value is -2.23. The van der Waals surface area contributed by atoms with Gasteiger partial charge in [-0.3, -0.25) is 4.79 Å². The third-order valence-corrected chi connectivity index (χ3v) is 5.88. The Morgan fingerprint density at radius 3 is 1.33 bits per heavy atom. The molecule has 0 saturated heterocycles. The summed E-state index contributed by atoms with van der Waals surface area (Å²) in [5.41, 5.74) is -0.484. The van der Waals surface area contributed by atoms with Crippen molar-refractivity contribution in [3.63, 3.8) is 0 Å². The van der Waals surface area contributed by atoms with E-state index in [0.29, 0.717) is 24.3 Å². The number of hydrogen-bond acceptors (Lipinski definition) is 3. The van der Waals surface area contributed by atoms with Crippen molar-refractivity contribution in [2.24, 2.45) is 5.14 Å². The minimum absolute atomic E-state index is 0.484. The van der Waals surface area contributed by atoms with Crippen LogP contribution in [0, 0.1) is 0 Å². The van der Waals surface area contributed by atoms with Crippen LogP contribution in [0.2, 0.25) is 0 Å². The highest BCUT2D eigenvalue weighted by molar-refractivity contribution is 7.89. The lowest BCUT2D eigenvalue weighted by atomic mass is 9.89. The fourth-order valence-corrected chi connectivity index (χ4v) is 3.03. The van der Waals surface area contributed by atoms with E-state index in [1.54, 1.807) is 0 Å². The van der Waals surface area contributed by atoms with Gasteiger partial charge in [-0.25, -0.2) is 13.6 Å². The van der Waals surface area contributed by atoms with Gasteiger partial charge in [0, 0.05) is 6.54 Å². The molecule has 39 heavy (non-hydrogen) atoms. The molecule has 5 nitrogen and oxygen atoms in total. The number of amides is 1. The number of benzene rings is 1. The van der Waals surface area contributed by atoms with Gasteiger partial charge >= 0.3 is 46.8 Å². The van der Waals surface area contributed by atoms with Crippen LogP contribution in [0.5, 0.6) is 0 Å². The molecule has 0 unspecified atom stereocenters. The van der Waals surface area contributed by atoms with Gasteiger partial charge in [-0.15, -0.1) is 0 Å². The van der Waals surface area contributed by atoms with Gasteiger partial charge in [0.25, 0.3) is 5.91 Å². The van der Waals surface area contributed by atoms with Crippen molar-refractivity contribution in [2.45, 2.75) is 58.3 Å². The van der Waals surface area contributed by atoms with E-state index in [1.165, 1.54) is 0 Å². The van der Waals surface area contributed by atoms with Gasteiger partial charge in [0.15, 0.2) is 0 Å². The van der Waals surface area contributed by atoms with E-state index in [9.17, 15) is 83.5 Å². The molecule has 0 bridgehead atoms. The highest BCUT2D eigenvalue weighted by atomic mass is 35.5. The minimum Gasteiger partial charge on any atom is -0.347 e. The standard InChI is InChI=1S/C16H9ClF16N2O3S/c17-16(32,33)15(30,31)14(28,29)13(26,27)12(24,25)11(22,23)10(20,21)9(18,19)8(36)35-5-6-1-3-7(4-2-6)39(34,37)38/h1-4H,5H2,(H,35,36)(H2,34,37,38). The SMILES string of the molecule is NS(=O)(=O)c1ccc(CNC(=O)C(F)(F)C(F)(F)C(F)(F)C(F)(F)C(F)(F)C(F)(F)C(F)(F)C(F)(F)Cl)cc1. The summed E-state index contributed by atoms with van der Waals surface area (Å²) in [5, 5.41) is -1.44.